The lowest BCUT2D eigenvalue weighted by Crippen LogP contribution is -1.99. The monoisotopic (exact) mass is 324 g/mol. The van der Waals surface area contributed by atoms with Gasteiger partial charge in [0.15, 0.2) is 11.5 Å². The molecule has 2 aromatic carbocycles. The number of ether oxygens (including phenoxy) is 2. The summed E-state index contributed by atoms with van der Waals surface area (Å²) in [6, 6.07) is 14.8. The molecule has 6 nitrogen and oxygen atoms in total. The first kappa shape index (κ1) is 17.3. The Balaban J connectivity index is 2.20. The zero-order valence-corrected chi connectivity index (χ0v) is 13.8. The SMILES string of the molecule is CCCCOc1cc(N=NNc2ccccc2)c(C#N)cc1OC. The first-order chi connectivity index (χ1) is 11.8. The van der Waals surface area contributed by atoms with Crippen LogP contribution in [-0.4, -0.2) is 13.7 Å². The zero-order valence-electron chi connectivity index (χ0n) is 13.8. The van der Waals surface area contributed by atoms with Gasteiger partial charge in [-0.05, 0) is 18.6 Å². The average molecular weight is 324 g/mol. The number of benzene rings is 2. The van der Waals surface area contributed by atoms with Crippen molar-refractivity contribution in [1.29, 1.82) is 5.26 Å². The lowest BCUT2D eigenvalue weighted by atomic mass is 10.1. The molecule has 0 fully saturated rings. The van der Waals surface area contributed by atoms with E-state index in [-0.39, 0.29) is 0 Å². The van der Waals surface area contributed by atoms with Crippen LogP contribution < -0.4 is 14.9 Å². The van der Waals surface area contributed by atoms with Gasteiger partial charge < -0.3 is 9.47 Å². The van der Waals surface area contributed by atoms with Crippen LogP contribution in [0.3, 0.4) is 0 Å². The Hall–Kier alpha value is -3.07. The molecule has 0 unspecified atom stereocenters. The van der Waals surface area contributed by atoms with Crippen molar-refractivity contribution < 1.29 is 9.47 Å². The topological polar surface area (TPSA) is 79.0 Å². The number of hydrogen-bond donors (Lipinski definition) is 1. The maximum atomic E-state index is 9.29. The average Bonchev–Trinajstić information content (AvgIpc) is 2.63. The van der Waals surface area contributed by atoms with Crippen molar-refractivity contribution in [3.8, 4) is 17.6 Å². The van der Waals surface area contributed by atoms with Crippen LogP contribution in [0.25, 0.3) is 0 Å². The molecule has 6 heteroatoms. The minimum absolute atomic E-state index is 0.369. The second kappa shape index (κ2) is 9.16. The highest BCUT2D eigenvalue weighted by Crippen LogP contribution is 2.35. The summed E-state index contributed by atoms with van der Waals surface area (Å²) in [5, 5.41) is 17.3. The van der Waals surface area contributed by atoms with Gasteiger partial charge in [0, 0.05) is 12.1 Å². The number of rotatable bonds is 8. The standard InChI is InChI=1S/C18H20N4O2/c1-3-4-10-24-18-12-16(14(13-19)11-17(18)23-2)21-22-20-15-8-6-5-7-9-15/h5-9,11-12H,3-4,10H2,1-2H3,(H,20,21). The number of nitrogens with one attached hydrogen (secondary N) is 1. The molecule has 1 N–H and O–H groups in total. The van der Waals surface area contributed by atoms with Crippen LogP contribution in [-0.2, 0) is 0 Å². The van der Waals surface area contributed by atoms with E-state index in [2.05, 4.69) is 28.8 Å². The smallest absolute Gasteiger partial charge is 0.163 e. The lowest BCUT2D eigenvalue weighted by Gasteiger charge is -2.11. The quantitative estimate of drug-likeness (QED) is 0.427. The molecule has 0 aliphatic heterocycles. The fourth-order valence-corrected chi connectivity index (χ4v) is 1.97. The summed E-state index contributed by atoms with van der Waals surface area (Å²) in [5.41, 5.74) is 4.43. The predicted octanol–water partition coefficient (Wildman–Crippen LogP) is 4.86. The van der Waals surface area contributed by atoms with E-state index in [0.717, 1.165) is 18.5 Å². The summed E-state index contributed by atoms with van der Waals surface area (Å²) in [4.78, 5) is 0. The third kappa shape index (κ3) is 4.71. The van der Waals surface area contributed by atoms with E-state index >= 15 is 0 Å². The molecule has 0 heterocycles. The van der Waals surface area contributed by atoms with Gasteiger partial charge in [-0.2, -0.15) is 5.26 Å². The fraction of sp³-hybridized carbons (Fsp3) is 0.278. The summed E-state index contributed by atoms with van der Waals surface area (Å²) in [7, 11) is 1.54. The maximum Gasteiger partial charge on any atom is 0.163 e. The summed E-state index contributed by atoms with van der Waals surface area (Å²) in [5.74, 6) is 1.07. The number of hydrogen-bond acceptors (Lipinski definition) is 5. The van der Waals surface area contributed by atoms with Crippen LogP contribution in [0.15, 0.2) is 52.8 Å². The van der Waals surface area contributed by atoms with E-state index in [0.29, 0.717) is 29.4 Å². The molecular weight excluding hydrogens is 304 g/mol. The van der Waals surface area contributed by atoms with Crippen molar-refractivity contribution >= 4 is 11.4 Å². The van der Waals surface area contributed by atoms with E-state index in [4.69, 9.17) is 9.47 Å². The van der Waals surface area contributed by atoms with E-state index in [1.807, 2.05) is 30.3 Å². The first-order valence-corrected chi connectivity index (χ1v) is 7.75. The highest BCUT2D eigenvalue weighted by molar-refractivity contribution is 5.61. The predicted molar refractivity (Wildman–Crippen MR) is 92.7 cm³/mol. The van der Waals surface area contributed by atoms with Crippen LogP contribution >= 0.6 is 0 Å². The molecular formula is C18H20N4O2. The molecule has 0 radical (unpaired) electrons. The zero-order chi connectivity index (χ0) is 17.2. The lowest BCUT2D eigenvalue weighted by molar-refractivity contribution is 0.288. The Morgan fingerprint density at radius 1 is 1.17 bits per heavy atom. The summed E-state index contributed by atoms with van der Waals surface area (Å²) >= 11 is 0. The van der Waals surface area contributed by atoms with E-state index < -0.39 is 0 Å². The van der Waals surface area contributed by atoms with Crippen molar-refractivity contribution in [3.05, 3.63) is 48.0 Å². The number of nitrogens with zero attached hydrogens (tertiary/aromatic N) is 3. The Bertz CT molecular complexity index is 724. The summed E-state index contributed by atoms with van der Waals surface area (Å²) in [6.45, 7) is 2.67. The van der Waals surface area contributed by atoms with Crippen molar-refractivity contribution in [1.82, 2.24) is 0 Å². The Morgan fingerprint density at radius 2 is 1.96 bits per heavy atom. The summed E-state index contributed by atoms with van der Waals surface area (Å²) < 4.78 is 11.0. The van der Waals surface area contributed by atoms with Gasteiger partial charge in [-0.3, -0.25) is 5.43 Å². The van der Waals surface area contributed by atoms with Gasteiger partial charge in [0.05, 0.1) is 25.0 Å². The largest absolute Gasteiger partial charge is 0.493 e. The molecule has 0 spiro atoms. The number of unbranched alkanes of at least 4 members (excludes halogenated alkanes) is 1. The third-order valence-electron chi connectivity index (χ3n) is 3.27. The van der Waals surface area contributed by atoms with E-state index in [9.17, 15) is 5.26 Å². The van der Waals surface area contributed by atoms with Gasteiger partial charge in [-0.25, -0.2) is 0 Å². The van der Waals surface area contributed by atoms with Crippen LogP contribution in [0.1, 0.15) is 25.3 Å². The van der Waals surface area contributed by atoms with Gasteiger partial charge >= 0.3 is 0 Å². The molecule has 0 saturated carbocycles. The first-order valence-electron chi connectivity index (χ1n) is 7.75. The van der Waals surface area contributed by atoms with Crippen molar-refractivity contribution in [2.75, 3.05) is 19.1 Å². The number of anilines is 1. The Morgan fingerprint density at radius 3 is 2.62 bits per heavy atom. The molecule has 0 atom stereocenters. The molecule has 124 valence electrons. The van der Waals surface area contributed by atoms with Gasteiger partial charge in [-0.15, -0.1) is 5.11 Å². The number of methoxy groups -OCH3 is 1. The number of nitriles is 1. The van der Waals surface area contributed by atoms with Crippen molar-refractivity contribution in [2.45, 2.75) is 19.8 Å². The van der Waals surface area contributed by atoms with Crippen LogP contribution in [0.5, 0.6) is 11.5 Å². The maximum absolute atomic E-state index is 9.29. The third-order valence-corrected chi connectivity index (χ3v) is 3.27. The van der Waals surface area contributed by atoms with Crippen LogP contribution in [0, 0.1) is 11.3 Å². The van der Waals surface area contributed by atoms with Gasteiger partial charge in [0.1, 0.15) is 11.8 Å². The molecule has 0 amide bonds. The van der Waals surface area contributed by atoms with Crippen molar-refractivity contribution in [2.24, 2.45) is 10.3 Å². The molecule has 2 rings (SSSR count). The van der Waals surface area contributed by atoms with E-state index in [1.165, 1.54) is 0 Å². The normalized spacial score (nSPS) is 10.4. The minimum Gasteiger partial charge on any atom is -0.493 e. The summed E-state index contributed by atoms with van der Waals surface area (Å²) in [6.07, 6.45) is 1.97. The van der Waals surface area contributed by atoms with Gasteiger partial charge in [0.2, 0.25) is 0 Å². The second-order valence-electron chi connectivity index (χ2n) is 5.01. The second-order valence-corrected chi connectivity index (χ2v) is 5.01. The number of para-hydroxylation sites is 1. The molecule has 0 aliphatic rings. The molecule has 0 bridgehead atoms. The minimum atomic E-state index is 0.369. The van der Waals surface area contributed by atoms with Crippen LogP contribution in [0.2, 0.25) is 0 Å². The van der Waals surface area contributed by atoms with E-state index in [1.54, 1.807) is 19.2 Å². The molecule has 2 aromatic rings. The molecule has 0 aromatic heterocycles. The van der Waals surface area contributed by atoms with Gasteiger partial charge in [-0.1, -0.05) is 36.8 Å². The molecule has 0 saturated heterocycles. The van der Waals surface area contributed by atoms with Gasteiger partial charge in [0.25, 0.3) is 0 Å². The molecule has 24 heavy (non-hydrogen) atoms. The highest BCUT2D eigenvalue weighted by atomic mass is 16.5. The molecule has 0 aliphatic carbocycles. The fourth-order valence-electron chi connectivity index (χ4n) is 1.97. The van der Waals surface area contributed by atoms with Crippen LogP contribution in [0.4, 0.5) is 11.4 Å². The Kier molecular flexibility index (Phi) is 6.59. The highest BCUT2D eigenvalue weighted by Gasteiger charge is 2.11. The Labute approximate surface area is 141 Å². The van der Waals surface area contributed by atoms with Crippen molar-refractivity contribution in [3.63, 3.8) is 0 Å².